The number of anilines is 1. The lowest BCUT2D eigenvalue weighted by Gasteiger charge is -2.16. The second kappa shape index (κ2) is 8.36. The van der Waals surface area contributed by atoms with Crippen LogP contribution in [0.3, 0.4) is 0 Å². The van der Waals surface area contributed by atoms with Gasteiger partial charge in [-0.1, -0.05) is 76.1 Å². The van der Waals surface area contributed by atoms with Crippen molar-refractivity contribution in [2.45, 2.75) is 12.2 Å². The van der Waals surface area contributed by atoms with Crippen molar-refractivity contribution in [1.29, 1.82) is 0 Å². The highest BCUT2D eigenvalue weighted by Gasteiger charge is 2.32. The molecule has 31 heavy (non-hydrogen) atoms. The first-order chi connectivity index (χ1) is 15.1. The average molecular weight is 490 g/mol. The fourth-order valence-corrected chi connectivity index (χ4v) is 5.19. The third-order valence-corrected chi connectivity index (χ3v) is 7.12. The molecule has 0 unspecified atom stereocenters. The van der Waals surface area contributed by atoms with Crippen LogP contribution >= 0.6 is 27.7 Å². The maximum atomic E-state index is 12.7. The number of nitrogens with one attached hydrogen (secondary N) is 1. The highest BCUT2D eigenvalue weighted by molar-refractivity contribution is 9.10. The van der Waals surface area contributed by atoms with Gasteiger partial charge in [-0.05, 0) is 36.8 Å². The molecule has 5 rings (SSSR count). The molecule has 1 aliphatic heterocycles. The number of nitrogens with zero attached hydrogens (tertiary/aromatic N) is 2. The number of hydrogen-bond donors (Lipinski definition) is 1. The Kier molecular flexibility index (Phi) is 5.42. The highest BCUT2D eigenvalue weighted by Crippen LogP contribution is 2.46. The summed E-state index contributed by atoms with van der Waals surface area (Å²) in [6.45, 7) is 2.06. The average Bonchev–Trinajstić information content (AvgIpc) is 3.06. The number of rotatable bonds is 3. The van der Waals surface area contributed by atoms with Crippen LogP contribution in [0.2, 0.25) is 0 Å². The molecule has 3 aromatic carbocycles. The number of carbonyl (C=O) groups excluding carboxylic acids is 1. The van der Waals surface area contributed by atoms with Crippen molar-refractivity contribution in [3.63, 3.8) is 0 Å². The fraction of sp³-hybridized carbons (Fsp3) is 0.120. The minimum atomic E-state index is -0.0172. The first-order valence-corrected chi connectivity index (χ1v) is 11.9. The molecule has 0 saturated heterocycles. The van der Waals surface area contributed by atoms with E-state index in [0.717, 1.165) is 38.4 Å². The predicted octanol–water partition coefficient (Wildman–Crippen LogP) is 6.38. The Morgan fingerprint density at radius 2 is 1.71 bits per heavy atom. The topological polar surface area (TPSA) is 46.9 Å². The van der Waals surface area contributed by atoms with Gasteiger partial charge in [-0.2, -0.15) is 5.10 Å². The third kappa shape index (κ3) is 3.93. The second-order valence-electron chi connectivity index (χ2n) is 7.52. The fourth-order valence-electron chi connectivity index (χ4n) is 3.79. The van der Waals surface area contributed by atoms with Gasteiger partial charge in [0.05, 0.1) is 22.4 Å². The molecule has 1 atom stereocenters. The minimum absolute atomic E-state index is 0.0151. The van der Waals surface area contributed by atoms with Crippen LogP contribution < -0.4 is 5.32 Å². The quantitative estimate of drug-likeness (QED) is 0.362. The number of hydrogen-bond acceptors (Lipinski definition) is 3. The number of benzene rings is 3. The van der Waals surface area contributed by atoms with Gasteiger partial charge in [0.15, 0.2) is 0 Å². The maximum absolute atomic E-state index is 12.7. The number of fused-ring (bicyclic) bond motifs is 1. The molecular weight excluding hydrogens is 470 g/mol. The molecule has 0 saturated carbocycles. The summed E-state index contributed by atoms with van der Waals surface area (Å²) in [6, 6.07) is 26.7. The molecule has 6 heteroatoms. The molecule has 1 aromatic heterocycles. The number of halogens is 1. The van der Waals surface area contributed by atoms with Crippen LogP contribution in [0.4, 0.5) is 5.82 Å². The minimum Gasteiger partial charge on any atom is -0.310 e. The molecule has 4 nitrogen and oxygen atoms in total. The summed E-state index contributed by atoms with van der Waals surface area (Å²) in [5, 5.41) is 8.13. The van der Waals surface area contributed by atoms with Crippen molar-refractivity contribution < 1.29 is 4.79 Å². The largest absolute Gasteiger partial charge is 0.310 e. The monoisotopic (exact) mass is 489 g/mol. The molecule has 1 N–H and O–H groups in total. The third-order valence-electron chi connectivity index (χ3n) is 5.32. The van der Waals surface area contributed by atoms with Crippen LogP contribution in [0.5, 0.6) is 0 Å². The van der Waals surface area contributed by atoms with Crippen LogP contribution in [0.15, 0.2) is 83.3 Å². The number of carbonyl (C=O) groups is 1. The van der Waals surface area contributed by atoms with E-state index in [4.69, 9.17) is 5.10 Å². The Balaban J connectivity index is 1.77. The molecule has 0 radical (unpaired) electrons. The first-order valence-electron chi connectivity index (χ1n) is 10.0. The van der Waals surface area contributed by atoms with E-state index in [9.17, 15) is 4.79 Å². The zero-order chi connectivity index (χ0) is 21.4. The van der Waals surface area contributed by atoms with E-state index < -0.39 is 0 Å². The Morgan fingerprint density at radius 3 is 2.42 bits per heavy atom. The van der Waals surface area contributed by atoms with E-state index in [1.54, 1.807) is 11.8 Å². The zero-order valence-corrected chi connectivity index (χ0v) is 19.3. The van der Waals surface area contributed by atoms with Crippen LogP contribution in [-0.4, -0.2) is 21.4 Å². The van der Waals surface area contributed by atoms with Crippen molar-refractivity contribution in [1.82, 2.24) is 9.78 Å². The lowest BCUT2D eigenvalue weighted by Crippen LogP contribution is -2.15. The van der Waals surface area contributed by atoms with Gasteiger partial charge >= 0.3 is 0 Å². The standard InChI is InChI=1S/C25H20BrN3OS/c1-16-7-13-20(14-8-16)29-25-22(23(28-29)17-5-3-2-4-6-17)24(31-15-21(30)27-25)18-9-11-19(26)12-10-18/h2-14,24H,15H2,1H3,(H,27,30)/t24-/m1/s1. The first kappa shape index (κ1) is 20.1. The zero-order valence-electron chi connectivity index (χ0n) is 16.9. The summed E-state index contributed by atoms with van der Waals surface area (Å²) in [5.74, 6) is 1.11. The van der Waals surface area contributed by atoms with Gasteiger partial charge in [0.25, 0.3) is 0 Å². The van der Waals surface area contributed by atoms with E-state index in [-0.39, 0.29) is 11.2 Å². The van der Waals surface area contributed by atoms with Crippen LogP contribution in [0, 0.1) is 6.92 Å². The molecule has 0 spiro atoms. The van der Waals surface area contributed by atoms with Gasteiger partial charge in [-0.15, -0.1) is 11.8 Å². The molecule has 4 aromatic rings. The Bertz CT molecular complexity index is 1230. The molecule has 0 aliphatic carbocycles. The number of thioether (sulfide) groups is 1. The van der Waals surface area contributed by atoms with Crippen molar-refractivity contribution >= 4 is 39.4 Å². The Hall–Kier alpha value is -2.83. The molecule has 0 fully saturated rings. The Labute approximate surface area is 193 Å². The Morgan fingerprint density at radius 1 is 1.00 bits per heavy atom. The lowest BCUT2D eigenvalue weighted by atomic mass is 10.00. The summed E-state index contributed by atoms with van der Waals surface area (Å²) < 4.78 is 2.90. The summed E-state index contributed by atoms with van der Waals surface area (Å²) >= 11 is 5.16. The molecule has 0 bridgehead atoms. The smallest absolute Gasteiger partial charge is 0.235 e. The van der Waals surface area contributed by atoms with Gasteiger partial charge in [0.1, 0.15) is 5.82 Å². The molecule has 154 valence electrons. The lowest BCUT2D eigenvalue weighted by molar-refractivity contribution is -0.113. The summed E-state index contributed by atoms with van der Waals surface area (Å²) in [7, 11) is 0. The van der Waals surface area contributed by atoms with Crippen molar-refractivity contribution in [2.75, 3.05) is 11.1 Å². The van der Waals surface area contributed by atoms with Gasteiger partial charge < -0.3 is 5.32 Å². The van der Waals surface area contributed by atoms with Crippen LogP contribution in [0.1, 0.15) is 21.9 Å². The molecular formula is C25H20BrN3OS. The van der Waals surface area contributed by atoms with E-state index in [1.165, 1.54) is 5.56 Å². The van der Waals surface area contributed by atoms with Crippen LogP contribution in [-0.2, 0) is 4.79 Å². The normalized spacial score (nSPS) is 15.8. The van der Waals surface area contributed by atoms with E-state index in [0.29, 0.717) is 5.75 Å². The summed E-state index contributed by atoms with van der Waals surface area (Å²) in [4.78, 5) is 12.7. The van der Waals surface area contributed by atoms with Gasteiger partial charge in [-0.3, -0.25) is 4.79 Å². The van der Waals surface area contributed by atoms with Gasteiger partial charge in [0.2, 0.25) is 5.91 Å². The summed E-state index contributed by atoms with van der Waals surface area (Å²) in [6.07, 6.45) is 0. The number of amides is 1. The molecule has 2 heterocycles. The molecule has 1 aliphatic rings. The van der Waals surface area contributed by atoms with Crippen LogP contribution in [0.25, 0.3) is 16.9 Å². The van der Waals surface area contributed by atoms with Crippen molar-refractivity contribution in [3.8, 4) is 16.9 Å². The summed E-state index contributed by atoms with van der Waals surface area (Å²) in [5.41, 5.74) is 6.20. The van der Waals surface area contributed by atoms with Gasteiger partial charge in [0, 0.05) is 15.6 Å². The van der Waals surface area contributed by atoms with Crippen molar-refractivity contribution in [2.24, 2.45) is 0 Å². The predicted molar refractivity (Wildman–Crippen MR) is 131 cm³/mol. The second-order valence-corrected chi connectivity index (χ2v) is 9.52. The van der Waals surface area contributed by atoms with Crippen molar-refractivity contribution in [3.05, 3.63) is 100 Å². The highest BCUT2D eigenvalue weighted by atomic mass is 79.9. The number of aromatic nitrogens is 2. The maximum Gasteiger partial charge on any atom is 0.235 e. The van der Waals surface area contributed by atoms with E-state index in [2.05, 4.69) is 64.6 Å². The van der Waals surface area contributed by atoms with Gasteiger partial charge in [-0.25, -0.2) is 4.68 Å². The SMILES string of the molecule is Cc1ccc(-n2nc(-c3ccccc3)c3c2NC(=O)CS[C@@H]3c2ccc(Br)cc2)cc1. The molecule has 1 amide bonds. The number of aryl methyl sites for hydroxylation is 1. The van der Waals surface area contributed by atoms with E-state index >= 15 is 0 Å². The van der Waals surface area contributed by atoms with E-state index in [1.807, 2.05) is 47.1 Å².